The Balaban J connectivity index is 1.84. The summed E-state index contributed by atoms with van der Waals surface area (Å²) in [6.45, 7) is 3.59. The molecule has 1 amide bonds. The van der Waals surface area contributed by atoms with E-state index in [1.807, 2.05) is 14.0 Å². The maximum atomic E-state index is 12.0. The van der Waals surface area contributed by atoms with Crippen LogP contribution in [-0.2, 0) is 14.3 Å². The number of nitrogens with one attached hydrogen (secondary N) is 2. The van der Waals surface area contributed by atoms with E-state index in [0.29, 0.717) is 26.2 Å². The van der Waals surface area contributed by atoms with Crippen molar-refractivity contribution in [2.75, 3.05) is 33.4 Å². The Hall–Kier alpha value is -0.690. The fourth-order valence-electron chi connectivity index (χ4n) is 2.47. The van der Waals surface area contributed by atoms with Crippen LogP contribution < -0.4 is 10.6 Å². The number of aliphatic hydroxyl groups is 1. The van der Waals surface area contributed by atoms with Crippen LogP contribution in [0.3, 0.4) is 0 Å². The van der Waals surface area contributed by atoms with Crippen molar-refractivity contribution in [2.45, 2.75) is 31.1 Å². The smallest absolute Gasteiger partial charge is 0.227 e. The van der Waals surface area contributed by atoms with E-state index in [9.17, 15) is 9.90 Å². The molecule has 4 atom stereocenters. The maximum Gasteiger partial charge on any atom is 0.227 e. The van der Waals surface area contributed by atoms with Crippen LogP contribution in [0.1, 0.15) is 13.3 Å². The van der Waals surface area contributed by atoms with Crippen molar-refractivity contribution in [1.29, 1.82) is 0 Å². The van der Waals surface area contributed by atoms with Gasteiger partial charge in [0, 0.05) is 25.6 Å². The fourth-order valence-corrected chi connectivity index (χ4v) is 2.47. The van der Waals surface area contributed by atoms with Gasteiger partial charge in [-0.15, -0.1) is 0 Å². The van der Waals surface area contributed by atoms with E-state index in [4.69, 9.17) is 9.47 Å². The van der Waals surface area contributed by atoms with Gasteiger partial charge >= 0.3 is 0 Å². The summed E-state index contributed by atoms with van der Waals surface area (Å²) in [4.78, 5) is 12.0. The number of hydrogen-bond donors (Lipinski definition) is 3. The van der Waals surface area contributed by atoms with Crippen LogP contribution in [0.4, 0.5) is 0 Å². The molecule has 4 unspecified atom stereocenters. The molecule has 3 N–H and O–H groups in total. The molecule has 2 saturated heterocycles. The zero-order valence-electron chi connectivity index (χ0n) is 10.9. The highest BCUT2D eigenvalue weighted by atomic mass is 16.5. The van der Waals surface area contributed by atoms with E-state index in [1.54, 1.807) is 0 Å². The van der Waals surface area contributed by atoms with Gasteiger partial charge in [0.2, 0.25) is 5.91 Å². The van der Waals surface area contributed by atoms with Crippen molar-refractivity contribution in [3.63, 3.8) is 0 Å². The van der Waals surface area contributed by atoms with Crippen LogP contribution >= 0.6 is 0 Å². The van der Waals surface area contributed by atoms with Gasteiger partial charge in [-0.2, -0.15) is 0 Å². The molecule has 2 fully saturated rings. The summed E-state index contributed by atoms with van der Waals surface area (Å²) in [6, 6.07) is 0.0527. The van der Waals surface area contributed by atoms with Gasteiger partial charge in [-0.25, -0.2) is 0 Å². The molecule has 0 spiro atoms. The second-order valence-corrected chi connectivity index (χ2v) is 5.12. The summed E-state index contributed by atoms with van der Waals surface area (Å²) in [6.07, 6.45) is 0.322. The predicted molar refractivity (Wildman–Crippen MR) is 65.1 cm³/mol. The maximum absolute atomic E-state index is 12.0. The van der Waals surface area contributed by atoms with Crippen LogP contribution in [0.15, 0.2) is 0 Å². The molecule has 0 bridgehead atoms. The number of hydrogen-bond acceptors (Lipinski definition) is 5. The first-order valence-corrected chi connectivity index (χ1v) is 6.43. The third-order valence-electron chi connectivity index (χ3n) is 4.02. The molecular formula is C12H22N2O4. The zero-order chi connectivity index (χ0) is 13.2. The van der Waals surface area contributed by atoms with Crippen molar-refractivity contribution in [3.8, 4) is 0 Å². The van der Waals surface area contributed by atoms with Gasteiger partial charge in [0.1, 0.15) is 5.60 Å². The second-order valence-electron chi connectivity index (χ2n) is 5.12. The van der Waals surface area contributed by atoms with Crippen LogP contribution in [-0.4, -0.2) is 62.2 Å². The average molecular weight is 258 g/mol. The Bertz CT molecular complexity index is 312. The lowest BCUT2D eigenvalue weighted by atomic mass is 9.96. The normalized spacial score (nSPS) is 40.1. The van der Waals surface area contributed by atoms with Gasteiger partial charge in [0.25, 0.3) is 0 Å². The molecule has 2 aliphatic rings. The molecule has 0 aromatic rings. The first kappa shape index (κ1) is 13.7. The highest BCUT2D eigenvalue weighted by Gasteiger charge is 2.41. The predicted octanol–water partition coefficient (Wildman–Crippen LogP) is -1.12. The summed E-state index contributed by atoms with van der Waals surface area (Å²) in [5.41, 5.74) is -0.940. The Morgan fingerprint density at radius 1 is 1.50 bits per heavy atom. The number of ether oxygens (including phenoxy) is 2. The standard InChI is InChI=1S/C12H22N2O4/c1-8-12(16,3-4-18-8)7-14-11(15)9-5-17-6-10(9)13-2/h8-10,13,16H,3-7H2,1-2H3,(H,14,15). The molecule has 6 heteroatoms. The summed E-state index contributed by atoms with van der Waals surface area (Å²) in [5, 5.41) is 16.2. The van der Waals surface area contributed by atoms with E-state index in [-0.39, 0.29) is 30.5 Å². The highest BCUT2D eigenvalue weighted by molar-refractivity contribution is 5.80. The first-order chi connectivity index (χ1) is 8.57. The largest absolute Gasteiger partial charge is 0.385 e. The Morgan fingerprint density at radius 3 is 2.89 bits per heavy atom. The number of rotatable bonds is 4. The number of carbonyl (C=O) groups excluding carboxylic acids is 1. The van der Waals surface area contributed by atoms with Crippen LogP contribution in [0.5, 0.6) is 0 Å². The molecule has 2 rings (SSSR count). The molecule has 2 aliphatic heterocycles. The van der Waals surface area contributed by atoms with E-state index in [0.717, 1.165) is 0 Å². The Kier molecular flexibility index (Phi) is 4.21. The van der Waals surface area contributed by atoms with Gasteiger partial charge in [-0.05, 0) is 14.0 Å². The summed E-state index contributed by atoms with van der Waals surface area (Å²) in [5.74, 6) is -0.254. The number of likely N-dealkylation sites (N-methyl/N-ethyl adjacent to an activating group) is 1. The minimum atomic E-state index is -0.940. The topological polar surface area (TPSA) is 79.8 Å². The first-order valence-electron chi connectivity index (χ1n) is 6.43. The van der Waals surface area contributed by atoms with E-state index >= 15 is 0 Å². The van der Waals surface area contributed by atoms with Crippen LogP contribution in [0.2, 0.25) is 0 Å². The molecule has 0 aromatic carbocycles. The molecule has 6 nitrogen and oxygen atoms in total. The third kappa shape index (κ3) is 2.66. The average Bonchev–Trinajstić information content (AvgIpc) is 2.95. The Labute approximate surface area is 107 Å². The van der Waals surface area contributed by atoms with Crippen LogP contribution in [0, 0.1) is 5.92 Å². The second kappa shape index (κ2) is 5.52. The van der Waals surface area contributed by atoms with Crippen molar-refractivity contribution in [2.24, 2.45) is 5.92 Å². The van der Waals surface area contributed by atoms with Gasteiger partial charge < -0.3 is 25.2 Å². The minimum absolute atomic E-state index is 0.0527. The summed E-state index contributed by atoms with van der Waals surface area (Å²) >= 11 is 0. The molecule has 18 heavy (non-hydrogen) atoms. The van der Waals surface area contributed by atoms with Crippen molar-refractivity contribution in [3.05, 3.63) is 0 Å². The van der Waals surface area contributed by atoms with E-state index in [1.165, 1.54) is 0 Å². The molecule has 0 aromatic heterocycles. The van der Waals surface area contributed by atoms with Gasteiger partial charge in [0.05, 0.1) is 25.2 Å². The number of amides is 1. The fraction of sp³-hybridized carbons (Fsp3) is 0.917. The van der Waals surface area contributed by atoms with Crippen molar-refractivity contribution < 1.29 is 19.4 Å². The number of carbonyl (C=O) groups is 1. The Morgan fingerprint density at radius 2 is 2.28 bits per heavy atom. The van der Waals surface area contributed by atoms with Crippen molar-refractivity contribution in [1.82, 2.24) is 10.6 Å². The molecule has 104 valence electrons. The van der Waals surface area contributed by atoms with E-state index < -0.39 is 5.60 Å². The SMILES string of the molecule is CNC1COCC1C(=O)NCC1(O)CCOC1C. The molecule has 0 radical (unpaired) electrons. The van der Waals surface area contributed by atoms with Gasteiger partial charge in [-0.3, -0.25) is 4.79 Å². The highest BCUT2D eigenvalue weighted by Crippen LogP contribution is 2.25. The molecular weight excluding hydrogens is 236 g/mol. The summed E-state index contributed by atoms with van der Waals surface area (Å²) in [7, 11) is 1.82. The van der Waals surface area contributed by atoms with Crippen LogP contribution in [0.25, 0.3) is 0 Å². The zero-order valence-corrected chi connectivity index (χ0v) is 10.9. The lowest BCUT2D eigenvalue weighted by Gasteiger charge is -2.27. The lowest BCUT2D eigenvalue weighted by Crippen LogP contribution is -2.50. The monoisotopic (exact) mass is 258 g/mol. The van der Waals surface area contributed by atoms with Crippen molar-refractivity contribution >= 4 is 5.91 Å². The third-order valence-corrected chi connectivity index (χ3v) is 4.02. The quantitative estimate of drug-likeness (QED) is 0.595. The van der Waals surface area contributed by atoms with Gasteiger partial charge in [0.15, 0.2) is 0 Å². The summed E-state index contributed by atoms with van der Waals surface area (Å²) < 4.78 is 10.6. The molecule has 0 saturated carbocycles. The molecule has 2 heterocycles. The van der Waals surface area contributed by atoms with E-state index in [2.05, 4.69) is 10.6 Å². The van der Waals surface area contributed by atoms with Gasteiger partial charge in [-0.1, -0.05) is 0 Å². The molecule has 0 aliphatic carbocycles. The lowest BCUT2D eigenvalue weighted by molar-refractivity contribution is -0.127. The minimum Gasteiger partial charge on any atom is -0.385 e.